The maximum atomic E-state index is 5.56. The largest absolute Gasteiger partial charge is 0.330 e. The number of hydrogen-bond donors (Lipinski definition) is 1. The van der Waals surface area contributed by atoms with Gasteiger partial charge in [0.15, 0.2) is 0 Å². The Morgan fingerprint density at radius 1 is 1.25 bits per heavy atom. The van der Waals surface area contributed by atoms with Crippen LogP contribution < -0.4 is 0 Å². The lowest BCUT2D eigenvalue weighted by molar-refractivity contribution is 1.14. The summed E-state index contributed by atoms with van der Waals surface area (Å²) in [6.45, 7) is 6.40. The van der Waals surface area contributed by atoms with Crippen LogP contribution in [0.5, 0.6) is 0 Å². The highest BCUT2D eigenvalue weighted by molar-refractivity contribution is 7.71. The zero-order valence-electron chi connectivity index (χ0n) is 11.8. The number of fused-ring (bicyclic) bond motifs is 1. The Hall–Kier alpha value is -1.52. The molecular weight excluding hydrogens is 284 g/mol. The Labute approximate surface area is 127 Å². The van der Waals surface area contributed by atoms with Crippen molar-refractivity contribution in [3.05, 3.63) is 44.9 Å². The first-order chi connectivity index (χ1) is 9.61. The molecule has 0 bridgehead atoms. The highest BCUT2D eigenvalue weighted by atomic mass is 32.1. The lowest BCUT2D eigenvalue weighted by Gasteiger charge is -2.05. The van der Waals surface area contributed by atoms with E-state index < -0.39 is 0 Å². The van der Waals surface area contributed by atoms with E-state index >= 15 is 0 Å². The molecular formula is C16H16N2S2. The van der Waals surface area contributed by atoms with E-state index in [2.05, 4.69) is 37.9 Å². The lowest BCUT2D eigenvalue weighted by Crippen LogP contribution is -1.93. The average molecular weight is 300 g/mol. The molecule has 20 heavy (non-hydrogen) atoms. The molecule has 0 atom stereocenters. The Morgan fingerprint density at radius 3 is 2.70 bits per heavy atom. The maximum absolute atomic E-state index is 5.56. The molecule has 1 N–H and O–H groups in total. The number of aryl methyl sites for hydroxylation is 3. The fraction of sp³-hybridized carbons (Fsp3) is 0.250. The minimum Gasteiger partial charge on any atom is -0.330 e. The van der Waals surface area contributed by atoms with Gasteiger partial charge in [0.2, 0.25) is 0 Å². The predicted octanol–water partition coefficient (Wildman–Crippen LogP) is 5.20. The van der Waals surface area contributed by atoms with Crippen LogP contribution in [0.4, 0.5) is 0 Å². The third kappa shape index (κ3) is 2.09. The van der Waals surface area contributed by atoms with Crippen molar-refractivity contribution in [2.24, 2.45) is 0 Å². The van der Waals surface area contributed by atoms with Gasteiger partial charge in [-0.2, -0.15) is 0 Å². The normalized spacial score (nSPS) is 11.2. The summed E-state index contributed by atoms with van der Waals surface area (Å²) in [5.41, 5.74) is 3.65. The number of aromatic amines is 1. The van der Waals surface area contributed by atoms with Crippen molar-refractivity contribution < 1.29 is 0 Å². The second-order valence-electron chi connectivity index (χ2n) is 4.90. The molecule has 102 valence electrons. The van der Waals surface area contributed by atoms with Gasteiger partial charge in [-0.1, -0.05) is 43.4 Å². The van der Waals surface area contributed by atoms with E-state index in [1.165, 1.54) is 16.0 Å². The van der Waals surface area contributed by atoms with Crippen LogP contribution in [0.15, 0.2) is 24.3 Å². The molecule has 2 aromatic heterocycles. The highest BCUT2D eigenvalue weighted by Crippen LogP contribution is 2.32. The van der Waals surface area contributed by atoms with Crippen molar-refractivity contribution in [2.75, 3.05) is 0 Å². The van der Waals surface area contributed by atoms with Crippen molar-refractivity contribution in [2.45, 2.75) is 27.2 Å². The summed E-state index contributed by atoms with van der Waals surface area (Å²) in [5, 5.41) is 1.13. The van der Waals surface area contributed by atoms with Crippen LogP contribution in [0.25, 0.3) is 21.6 Å². The molecule has 0 radical (unpaired) electrons. The Balaban J connectivity index is 2.32. The predicted molar refractivity (Wildman–Crippen MR) is 89.1 cm³/mol. The molecule has 0 unspecified atom stereocenters. The Morgan fingerprint density at radius 2 is 2.00 bits per heavy atom. The first kappa shape index (κ1) is 13.5. The second kappa shape index (κ2) is 5.11. The number of rotatable bonds is 2. The van der Waals surface area contributed by atoms with Crippen LogP contribution in [0, 0.1) is 18.5 Å². The zero-order valence-corrected chi connectivity index (χ0v) is 13.4. The summed E-state index contributed by atoms with van der Waals surface area (Å²) in [4.78, 5) is 10.5. The molecule has 0 amide bonds. The van der Waals surface area contributed by atoms with Crippen LogP contribution in [0.3, 0.4) is 0 Å². The molecule has 1 aromatic carbocycles. The number of H-pyrrole nitrogens is 1. The van der Waals surface area contributed by atoms with Crippen molar-refractivity contribution in [3.8, 4) is 11.4 Å². The van der Waals surface area contributed by atoms with E-state index in [-0.39, 0.29) is 0 Å². The minimum atomic E-state index is 0.800. The third-order valence-electron chi connectivity index (χ3n) is 3.62. The monoisotopic (exact) mass is 300 g/mol. The summed E-state index contributed by atoms with van der Waals surface area (Å²) in [6, 6.07) is 8.24. The van der Waals surface area contributed by atoms with Crippen LogP contribution in [-0.4, -0.2) is 9.97 Å². The number of aromatic nitrogens is 2. The van der Waals surface area contributed by atoms with Gasteiger partial charge in [-0.3, -0.25) is 0 Å². The summed E-state index contributed by atoms with van der Waals surface area (Å²) < 4.78 is 0.800. The van der Waals surface area contributed by atoms with Crippen LogP contribution >= 0.6 is 23.6 Å². The van der Waals surface area contributed by atoms with Gasteiger partial charge in [0.05, 0.1) is 0 Å². The molecule has 0 aliphatic carbocycles. The molecule has 4 heteroatoms. The summed E-state index contributed by atoms with van der Waals surface area (Å²) in [7, 11) is 0. The number of thiophene rings is 1. The molecule has 2 heterocycles. The number of hydrogen-bond acceptors (Lipinski definition) is 3. The van der Waals surface area contributed by atoms with Gasteiger partial charge in [-0.15, -0.1) is 11.3 Å². The zero-order chi connectivity index (χ0) is 14.3. The number of benzene rings is 1. The summed E-state index contributed by atoms with van der Waals surface area (Å²) >= 11 is 7.30. The van der Waals surface area contributed by atoms with Gasteiger partial charge in [-0.25, -0.2) is 4.98 Å². The highest BCUT2D eigenvalue weighted by Gasteiger charge is 2.13. The fourth-order valence-corrected chi connectivity index (χ4v) is 4.07. The quantitative estimate of drug-likeness (QED) is 0.659. The van der Waals surface area contributed by atoms with Crippen LogP contribution in [0.2, 0.25) is 0 Å². The standard InChI is InChI=1S/C16H16N2S2/c1-4-11-10(3)20-16-13(11)15(19)17-14(18-16)12-8-6-5-7-9(12)2/h5-8H,4H2,1-3H3,(H,17,18,19). The maximum Gasteiger partial charge on any atom is 0.140 e. The molecule has 3 rings (SSSR count). The van der Waals surface area contributed by atoms with Gasteiger partial charge in [0, 0.05) is 15.8 Å². The van der Waals surface area contributed by atoms with Gasteiger partial charge >= 0.3 is 0 Å². The van der Waals surface area contributed by atoms with Crippen molar-refractivity contribution in [3.63, 3.8) is 0 Å². The topological polar surface area (TPSA) is 28.7 Å². The van der Waals surface area contributed by atoms with Crippen LogP contribution in [-0.2, 0) is 6.42 Å². The van der Waals surface area contributed by atoms with Gasteiger partial charge < -0.3 is 4.98 Å². The molecule has 0 saturated heterocycles. The molecule has 0 aliphatic rings. The van der Waals surface area contributed by atoms with E-state index in [1.807, 2.05) is 12.1 Å². The molecule has 0 aliphatic heterocycles. The average Bonchev–Trinajstić information content (AvgIpc) is 2.75. The van der Waals surface area contributed by atoms with Crippen LogP contribution in [0.1, 0.15) is 22.9 Å². The number of nitrogens with zero attached hydrogens (tertiary/aromatic N) is 1. The molecule has 0 fully saturated rings. The Bertz CT molecular complexity index is 843. The van der Waals surface area contributed by atoms with Crippen molar-refractivity contribution in [1.82, 2.24) is 9.97 Å². The van der Waals surface area contributed by atoms with Gasteiger partial charge in [-0.05, 0) is 31.4 Å². The van der Waals surface area contributed by atoms with Crippen molar-refractivity contribution in [1.29, 1.82) is 0 Å². The van der Waals surface area contributed by atoms with Gasteiger partial charge in [0.1, 0.15) is 15.3 Å². The molecule has 2 nitrogen and oxygen atoms in total. The van der Waals surface area contributed by atoms with E-state index in [1.54, 1.807) is 11.3 Å². The SMILES string of the molecule is CCc1c(C)sc2nc(-c3ccccc3C)[nH]c(=S)c12. The molecule has 3 aromatic rings. The van der Waals surface area contributed by atoms with E-state index in [9.17, 15) is 0 Å². The lowest BCUT2D eigenvalue weighted by atomic mass is 10.1. The minimum absolute atomic E-state index is 0.800. The smallest absolute Gasteiger partial charge is 0.140 e. The first-order valence-corrected chi connectivity index (χ1v) is 7.92. The van der Waals surface area contributed by atoms with E-state index in [0.29, 0.717) is 0 Å². The molecule has 0 spiro atoms. The Kier molecular flexibility index (Phi) is 3.44. The third-order valence-corrected chi connectivity index (χ3v) is 4.96. The second-order valence-corrected chi connectivity index (χ2v) is 6.51. The first-order valence-electron chi connectivity index (χ1n) is 6.70. The van der Waals surface area contributed by atoms with Gasteiger partial charge in [0.25, 0.3) is 0 Å². The summed E-state index contributed by atoms with van der Waals surface area (Å²) in [6.07, 6.45) is 0.995. The van der Waals surface area contributed by atoms with E-state index in [0.717, 1.165) is 32.7 Å². The molecule has 0 saturated carbocycles. The van der Waals surface area contributed by atoms with E-state index in [4.69, 9.17) is 17.2 Å². The van der Waals surface area contributed by atoms with Crippen molar-refractivity contribution >= 4 is 33.8 Å². The fourth-order valence-electron chi connectivity index (χ4n) is 2.57. The number of nitrogens with one attached hydrogen (secondary N) is 1. The summed E-state index contributed by atoms with van der Waals surface area (Å²) in [5.74, 6) is 0.865.